The van der Waals surface area contributed by atoms with E-state index in [9.17, 15) is 9.59 Å². The summed E-state index contributed by atoms with van der Waals surface area (Å²) in [5, 5.41) is 6.17. The second kappa shape index (κ2) is 9.85. The third kappa shape index (κ3) is 6.06. The molecule has 6 nitrogen and oxygen atoms in total. The lowest BCUT2D eigenvalue weighted by atomic mass is 10.1. The number of benzene rings is 1. The fourth-order valence-corrected chi connectivity index (χ4v) is 2.99. The van der Waals surface area contributed by atoms with Gasteiger partial charge in [0.15, 0.2) is 0 Å². The van der Waals surface area contributed by atoms with Crippen molar-refractivity contribution in [3.05, 3.63) is 22.7 Å². The second-order valence-corrected chi connectivity index (χ2v) is 6.57. The van der Waals surface area contributed by atoms with E-state index in [0.717, 1.165) is 24.8 Å². The van der Waals surface area contributed by atoms with Gasteiger partial charge in [0.1, 0.15) is 5.75 Å². The first-order valence-electron chi connectivity index (χ1n) is 8.08. The molecule has 25 heavy (non-hydrogen) atoms. The zero-order valence-electron chi connectivity index (χ0n) is 14.4. The summed E-state index contributed by atoms with van der Waals surface area (Å²) in [6, 6.07) is 3.54. The largest absolute Gasteiger partial charge is 0.495 e. The molecule has 0 spiro atoms. The van der Waals surface area contributed by atoms with Gasteiger partial charge in [-0.1, -0.05) is 11.6 Å². The number of carbonyl (C=O) groups is 2. The predicted molar refractivity (Wildman–Crippen MR) is 102 cm³/mol. The Kier molecular flexibility index (Phi) is 8.48. The van der Waals surface area contributed by atoms with Crippen molar-refractivity contribution < 1.29 is 14.3 Å². The Morgan fingerprint density at radius 1 is 1.36 bits per heavy atom. The van der Waals surface area contributed by atoms with Crippen molar-refractivity contribution in [1.29, 1.82) is 0 Å². The molecule has 1 aliphatic rings. The molecule has 1 aromatic carbocycles. The molecule has 1 aromatic rings. The smallest absolute Gasteiger partial charge is 0.226 e. The summed E-state index contributed by atoms with van der Waals surface area (Å²) in [5.41, 5.74) is 7.22. The summed E-state index contributed by atoms with van der Waals surface area (Å²) in [7, 11) is 1.52. The van der Waals surface area contributed by atoms with Crippen LogP contribution in [0.4, 0.5) is 5.69 Å². The van der Waals surface area contributed by atoms with E-state index < -0.39 is 0 Å². The SMILES string of the molecule is COc1cc(Cl)c(C)cc1NC(=O)CCNC(=O)C1CCC(N)C1.Cl. The molecule has 2 amide bonds. The van der Waals surface area contributed by atoms with Gasteiger partial charge < -0.3 is 21.1 Å². The number of rotatable bonds is 6. The molecule has 0 radical (unpaired) electrons. The minimum Gasteiger partial charge on any atom is -0.495 e. The average molecular weight is 390 g/mol. The Morgan fingerprint density at radius 2 is 2.08 bits per heavy atom. The summed E-state index contributed by atoms with van der Waals surface area (Å²) in [6.07, 6.45) is 2.61. The van der Waals surface area contributed by atoms with Crippen molar-refractivity contribution in [2.75, 3.05) is 19.0 Å². The molecular formula is C17H25Cl2N3O3. The number of anilines is 1. The zero-order chi connectivity index (χ0) is 17.7. The van der Waals surface area contributed by atoms with E-state index >= 15 is 0 Å². The Hall–Kier alpha value is -1.50. The summed E-state index contributed by atoms with van der Waals surface area (Å²) in [6.45, 7) is 2.15. The van der Waals surface area contributed by atoms with Gasteiger partial charge in [0, 0.05) is 36.0 Å². The number of amides is 2. The maximum absolute atomic E-state index is 12.1. The van der Waals surface area contributed by atoms with Crippen LogP contribution in [0.5, 0.6) is 5.75 Å². The van der Waals surface area contributed by atoms with E-state index in [2.05, 4.69) is 10.6 Å². The quantitative estimate of drug-likeness (QED) is 0.696. The fraction of sp³-hybridized carbons (Fsp3) is 0.529. The van der Waals surface area contributed by atoms with Crippen molar-refractivity contribution >= 4 is 41.5 Å². The van der Waals surface area contributed by atoms with Crippen LogP contribution in [0.1, 0.15) is 31.2 Å². The zero-order valence-corrected chi connectivity index (χ0v) is 16.0. The minimum atomic E-state index is -0.196. The third-order valence-corrected chi connectivity index (χ3v) is 4.66. The normalized spacial score (nSPS) is 19.0. The Labute approximate surface area is 159 Å². The lowest BCUT2D eigenvalue weighted by Crippen LogP contribution is -2.32. The number of methoxy groups -OCH3 is 1. The average Bonchev–Trinajstić information content (AvgIpc) is 2.97. The van der Waals surface area contributed by atoms with Gasteiger partial charge in [-0.25, -0.2) is 0 Å². The van der Waals surface area contributed by atoms with E-state index in [1.807, 2.05) is 6.92 Å². The highest BCUT2D eigenvalue weighted by atomic mass is 35.5. The van der Waals surface area contributed by atoms with Crippen LogP contribution in [-0.2, 0) is 9.59 Å². The van der Waals surface area contributed by atoms with Crippen LogP contribution >= 0.6 is 24.0 Å². The minimum absolute atomic E-state index is 0. The standard InChI is InChI=1S/C17H24ClN3O3.ClH/c1-10-7-14(15(24-2)9-13(10)18)21-16(22)5-6-20-17(23)11-3-4-12(19)8-11;/h7,9,11-12H,3-6,8,19H2,1-2H3,(H,20,23)(H,21,22);1H. The first-order chi connectivity index (χ1) is 11.4. The molecule has 0 aromatic heterocycles. The first kappa shape index (κ1) is 21.5. The highest BCUT2D eigenvalue weighted by molar-refractivity contribution is 6.31. The highest BCUT2D eigenvalue weighted by Gasteiger charge is 2.27. The van der Waals surface area contributed by atoms with Gasteiger partial charge in [0.25, 0.3) is 0 Å². The van der Waals surface area contributed by atoms with Crippen molar-refractivity contribution in [1.82, 2.24) is 5.32 Å². The van der Waals surface area contributed by atoms with Gasteiger partial charge in [0.2, 0.25) is 11.8 Å². The number of hydrogen-bond donors (Lipinski definition) is 3. The molecule has 0 saturated heterocycles. The topological polar surface area (TPSA) is 93.5 Å². The molecule has 1 fully saturated rings. The van der Waals surface area contributed by atoms with Gasteiger partial charge >= 0.3 is 0 Å². The van der Waals surface area contributed by atoms with Gasteiger partial charge in [-0.3, -0.25) is 9.59 Å². The summed E-state index contributed by atoms with van der Waals surface area (Å²) >= 11 is 6.04. The fourth-order valence-electron chi connectivity index (χ4n) is 2.84. The Bertz CT molecular complexity index is 625. The number of hydrogen-bond acceptors (Lipinski definition) is 4. The Balaban J connectivity index is 0.00000312. The maximum Gasteiger partial charge on any atom is 0.226 e. The maximum atomic E-state index is 12.1. The van der Waals surface area contributed by atoms with Crippen molar-refractivity contribution in [3.8, 4) is 5.75 Å². The van der Waals surface area contributed by atoms with Crippen molar-refractivity contribution in [2.45, 2.75) is 38.6 Å². The van der Waals surface area contributed by atoms with Crippen LogP contribution in [0.2, 0.25) is 5.02 Å². The van der Waals surface area contributed by atoms with Gasteiger partial charge in [-0.2, -0.15) is 0 Å². The molecule has 2 atom stereocenters. The molecule has 140 valence electrons. The third-order valence-electron chi connectivity index (χ3n) is 4.25. The lowest BCUT2D eigenvalue weighted by molar-refractivity contribution is -0.124. The molecule has 2 rings (SSSR count). The van der Waals surface area contributed by atoms with Crippen LogP contribution in [0.15, 0.2) is 12.1 Å². The van der Waals surface area contributed by atoms with Crippen molar-refractivity contribution in [3.63, 3.8) is 0 Å². The predicted octanol–water partition coefficient (Wildman–Crippen LogP) is 2.65. The van der Waals surface area contributed by atoms with Gasteiger partial charge in [-0.15, -0.1) is 12.4 Å². The van der Waals surface area contributed by atoms with Crippen LogP contribution in [0.3, 0.4) is 0 Å². The monoisotopic (exact) mass is 389 g/mol. The second-order valence-electron chi connectivity index (χ2n) is 6.16. The lowest BCUT2D eigenvalue weighted by Gasteiger charge is -2.13. The van der Waals surface area contributed by atoms with Crippen LogP contribution in [0, 0.1) is 12.8 Å². The molecule has 2 unspecified atom stereocenters. The number of ether oxygens (including phenoxy) is 1. The number of aryl methyl sites for hydroxylation is 1. The van der Waals surface area contributed by atoms with E-state index in [1.54, 1.807) is 12.1 Å². The molecule has 1 saturated carbocycles. The van der Waals surface area contributed by atoms with E-state index in [4.69, 9.17) is 22.1 Å². The van der Waals surface area contributed by atoms with E-state index in [0.29, 0.717) is 23.0 Å². The number of carbonyl (C=O) groups excluding carboxylic acids is 2. The first-order valence-corrected chi connectivity index (χ1v) is 8.45. The molecule has 0 bridgehead atoms. The van der Waals surface area contributed by atoms with Gasteiger partial charge in [0.05, 0.1) is 12.8 Å². The molecule has 1 aliphatic carbocycles. The number of nitrogens with one attached hydrogen (secondary N) is 2. The summed E-state index contributed by atoms with van der Waals surface area (Å²) in [4.78, 5) is 24.0. The van der Waals surface area contributed by atoms with Gasteiger partial charge in [-0.05, 0) is 37.8 Å². The summed E-state index contributed by atoms with van der Waals surface area (Å²) < 4.78 is 5.22. The molecule has 0 heterocycles. The van der Waals surface area contributed by atoms with Crippen molar-refractivity contribution in [2.24, 2.45) is 11.7 Å². The number of nitrogens with two attached hydrogens (primary N) is 1. The summed E-state index contributed by atoms with van der Waals surface area (Å²) in [5.74, 6) is 0.263. The molecule has 4 N–H and O–H groups in total. The Morgan fingerprint density at radius 3 is 2.68 bits per heavy atom. The highest BCUT2D eigenvalue weighted by Crippen LogP contribution is 2.31. The van der Waals surface area contributed by atoms with E-state index in [1.165, 1.54) is 7.11 Å². The molecular weight excluding hydrogens is 365 g/mol. The molecule has 8 heteroatoms. The van der Waals surface area contributed by atoms with Crippen LogP contribution in [0.25, 0.3) is 0 Å². The van der Waals surface area contributed by atoms with E-state index in [-0.39, 0.29) is 42.6 Å². The van der Waals surface area contributed by atoms with Crippen LogP contribution < -0.4 is 21.1 Å². The molecule has 0 aliphatic heterocycles. The van der Waals surface area contributed by atoms with Crippen LogP contribution in [-0.4, -0.2) is 31.5 Å². The number of halogens is 2.